The van der Waals surface area contributed by atoms with E-state index in [1.807, 2.05) is 31.4 Å². The third-order valence-electron chi connectivity index (χ3n) is 6.64. The zero-order valence-corrected chi connectivity index (χ0v) is 16.2. The molecule has 4 N–H and O–H groups in total. The summed E-state index contributed by atoms with van der Waals surface area (Å²) in [7, 11) is 1.83. The molecule has 5 heterocycles. The third kappa shape index (κ3) is 2.38. The summed E-state index contributed by atoms with van der Waals surface area (Å²) in [6.45, 7) is 0. The van der Waals surface area contributed by atoms with Crippen LogP contribution in [0.4, 0.5) is 5.95 Å². The summed E-state index contributed by atoms with van der Waals surface area (Å²) in [4.78, 5) is 23.9. The molecule has 8 heteroatoms. The second-order valence-corrected chi connectivity index (χ2v) is 8.40. The molecule has 6 rings (SSSR count). The number of anilines is 1. The van der Waals surface area contributed by atoms with Crippen LogP contribution in [0.3, 0.4) is 0 Å². The monoisotopic (exact) mass is 389 g/mol. The summed E-state index contributed by atoms with van der Waals surface area (Å²) >= 11 is 0. The molecule has 4 aromatic rings. The molecule has 0 radical (unpaired) electrons. The van der Waals surface area contributed by atoms with E-state index in [1.54, 1.807) is 10.8 Å². The standard InChI is InChI=1S/C21H23N7O/c1-27-20(29)18-16(11-2-5-17-12(6-11)9-24-26-17)10-23-19(18)25-21(27)28-14-3-4-15(28)8-13(22)7-14/h2,5-6,9-10,13-15,23H,3-4,7-8,22H2,1H3,(H,24,26). The lowest BCUT2D eigenvalue weighted by atomic mass is 9.98. The minimum absolute atomic E-state index is 0.0252. The quantitative estimate of drug-likeness (QED) is 0.487. The number of hydrogen-bond donors (Lipinski definition) is 3. The summed E-state index contributed by atoms with van der Waals surface area (Å²) in [5, 5.41) is 8.68. The number of hydrogen-bond acceptors (Lipinski definition) is 5. The van der Waals surface area contributed by atoms with Gasteiger partial charge in [-0.25, -0.2) is 0 Å². The van der Waals surface area contributed by atoms with Crippen molar-refractivity contribution in [3.8, 4) is 11.1 Å². The first-order chi connectivity index (χ1) is 14.1. The Hall–Kier alpha value is -3.13. The van der Waals surface area contributed by atoms with Gasteiger partial charge >= 0.3 is 0 Å². The van der Waals surface area contributed by atoms with Crippen LogP contribution in [0, 0.1) is 0 Å². The van der Waals surface area contributed by atoms with E-state index in [1.165, 1.54) is 0 Å². The molecule has 8 nitrogen and oxygen atoms in total. The van der Waals surface area contributed by atoms with E-state index in [0.29, 0.717) is 23.1 Å². The van der Waals surface area contributed by atoms with E-state index in [2.05, 4.69) is 20.1 Å². The Morgan fingerprint density at radius 3 is 2.79 bits per heavy atom. The molecule has 0 saturated carbocycles. The first kappa shape index (κ1) is 16.8. The van der Waals surface area contributed by atoms with Crippen molar-refractivity contribution >= 4 is 27.9 Å². The van der Waals surface area contributed by atoms with Crippen molar-refractivity contribution < 1.29 is 0 Å². The highest BCUT2D eigenvalue weighted by molar-refractivity contribution is 5.96. The van der Waals surface area contributed by atoms with Gasteiger partial charge in [-0.1, -0.05) is 6.07 Å². The minimum Gasteiger partial charge on any atom is -0.345 e. The van der Waals surface area contributed by atoms with Crippen LogP contribution in [0.1, 0.15) is 25.7 Å². The molecule has 0 amide bonds. The molecule has 3 aromatic heterocycles. The number of aromatic amines is 2. The lowest BCUT2D eigenvalue weighted by molar-refractivity contribution is 0.405. The van der Waals surface area contributed by atoms with Crippen LogP contribution in [-0.4, -0.2) is 42.9 Å². The Morgan fingerprint density at radius 2 is 2.00 bits per heavy atom. The zero-order chi connectivity index (χ0) is 19.7. The van der Waals surface area contributed by atoms with Gasteiger partial charge in [0.2, 0.25) is 5.95 Å². The number of aromatic nitrogens is 5. The molecule has 2 unspecified atom stereocenters. The van der Waals surface area contributed by atoms with E-state index in [-0.39, 0.29) is 11.6 Å². The number of fused-ring (bicyclic) bond motifs is 4. The van der Waals surface area contributed by atoms with Crippen molar-refractivity contribution in [1.29, 1.82) is 0 Å². The Labute approximate surface area is 166 Å². The molecule has 0 spiro atoms. The molecule has 148 valence electrons. The van der Waals surface area contributed by atoms with Crippen LogP contribution in [0.25, 0.3) is 33.1 Å². The molecule has 0 aliphatic carbocycles. The highest BCUT2D eigenvalue weighted by atomic mass is 16.1. The number of nitrogens with one attached hydrogen (secondary N) is 2. The molecule has 2 aliphatic rings. The molecule has 2 fully saturated rings. The zero-order valence-electron chi connectivity index (χ0n) is 16.2. The molecule has 2 saturated heterocycles. The van der Waals surface area contributed by atoms with Gasteiger partial charge in [0, 0.05) is 42.3 Å². The van der Waals surface area contributed by atoms with Gasteiger partial charge in [-0.05, 0) is 43.4 Å². The van der Waals surface area contributed by atoms with E-state index in [4.69, 9.17) is 10.7 Å². The molecular formula is C21H23N7O. The Balaban J connectivity index is 1.50. The topological polar surface area (TPSA) is 109 Å². The summed E-state index contributed by atoms with van der Waals surface area (Å²) in [6.07, 6.45) is 7.83. The normalized spacial score (nSPS) is 24.1. The van der Waals surface area contributed by atoms with E-state index in [9.17, 15) is 4.79 Å². The smallest absolute Gasteiger partial charge is 0.264 e. The molecule has 2 aliphatic heterocycles. The summed E-state index contributed by atoms with van der Waals surface area (Å²) in [5.74, 6) is 0.751. The maximum Gasteiger partial charge on any atom is 0.264 e. The second-order valence-electron chi connectivity index (χ2n) is 8.40. The van der Waals surface area contributed by atoms with Crippen molar-refractivity contribution in [3.05, 3.63) is 40.9 Å². The third-order valence-corrected chi connectivity index (χ3v) is 6.64. The van der Waals surface area contributed by atoms with Gasteiger partial charge in [-0.3, -0.25) is 14.5 Å². The average Bonchev–Trinajstić information content (AvgIpc) is 3.40. The second kappa shape index (κ2) is 5.93. The summed E-state index contributed by atoms with van der Waals surface area (Å²) < 4.78 is 1.71. The van der Waals surface area contributed by atoms with Crippen molar-refractivity contribution in [2.24, 2.45) is 12.8 Å². The largest absolute Gasteiger partial charge is 0.345 e. The van der Waals surface area contributed by atoms with E-state index >= 15 is 0 Å². The fraction of sp³-hybridized carbons (Fsp3) is 0.381. The number of piperidine rings is 1. The minimum atomic E-state index is -0.0252. The van der Waals surface area contributed by atoms with Crippen molar-refractivity contribution in [2.45, 2.75) is 43.8 Å². The van der Waals surface area contributed by atoms with Gasteiger partial charge in [0.15, 0.2) is 0 Å². The van der Waals surface area contributed by atoms with Crippen LogP contribution in [0.2, 0.25) is 0 Å². The highest BCUT2D eigenvalue weighted by Gasteiger charge is 2.41. The number of H-pyrrole nitrogens is 2. The highest BCUT2D eigenvalue weighted by Crippen LogP contribution is 2.38. The SMILES string of the molecule is Cn1c(N2C3CCC2CC(N)C3)nc2[nH]cc(-c3ccc4[nH]ncc4c3)c2c1=O. The van der Waals surface area contributed by atoms with Crippen molar-refractivity contribution in [2.75, 3.05) is 4.90 Å². The summed E-state index contributed by atoms with van der Waals surface area (Å²) in [6, 6.07) is 7.02. The Morgan fingerprint density at radius 1 is 1.21 bits per heavy atom. The lowest BCUT2D eigenvalue weighted by Gasteiger charge is -2.38. The van der Waals surface area contributed by atoms with Crippen molar-refractivity contribution in [1.82, 2.24) is 24.7 Å². The van der Waals surface area contributed by atoms with Gasteiger partial charge < -0.3 is 15.6 Å². The average molecular weight is 389 g/mol. The van der Waals surface area contributed by atoms with Gasteiger partial charge in [0.05, 0.1) is 17.1 Å². The van der Waals surface area contributed by atoms with Crippen LogP contribution >= 0.6 is 0 Å². The maximum absolute atomic E-state index is 13.4. The van der Waals surface area contributed by atoms with Gasteiger partial charge in [0.1, 0.15) is 5.65 Å². The molecular weight excluding hydrogens is 366 g/mol. The number of nitrogens with zero attached hydrogens (tertiary/aromatic N) is 4. The predicted octanol–water partition coefficient (Wildman–Crippen LogP) is 2.26. The first-order valence-corrected chi connectivity index (χ1v) is 10.2. The molecule has 2 bridgehead atoms. The van der Waals surface area contributed by atoms with Gasteiger partial charge in [-0.2, -0.15) is 10.1 Å². The van der Waals surface area contributed by atoms with E-state index in [0.717, 1.165) is 53.7 Å². The predicted molar refractivity (Wildman–Crippen MR) is 113 cm³/mol. The maximum atomic E-state index is 13.4. The Bertz CT molecular complexity index is 1290. The fourth-order valence-corrected chi connectivity index (χ4v) is 5.27. The molecule has 2 atom stereocenters. The van der Waals surface area contributed by atoms with Crippen LogP contribution in [0.5, 0.6) is 0 Å². The lowest BCUT2D eigenvalue weighted by Crippen LogP contribution is -2.49. The summed E-state index contributed by atoms with van der Waals surface area (Å²) in [5.41, 5.74) is 9.65. The van der Waals surface area contributed by atoms with Crippen LogP contribution in [0.15, 0.2) is 35.4 Å². The molecule has 1 aromatic carbocycles. The van der Waals surface area contributed by atoms with Gasteiger partial charge in [-0.15, -0.1) is 0 Å². The number of rotatable bonds is 2. The first-order valence-electron chi connectivity index (χ1n) is 10.2. The van der Waals surface area contributed by atoms with E-state index < -0.39 is 0 Å². The Kier molecular flexibility index (Phi) is 3.44. The van der Waals surface area contributed by atoms with Crippen LogP contribution in [-0.2, 0) is 7.05 Å². The van der Waals surface area contributed by atoms with Crippen LogP contribution < -0.4 is 16.2 Å². The van der Waals surface area contributed by atoms with Crippen molar-refractivity contribution in [3.63, 3.8) is 0 Å². The number of benzene rings is 1. The molecule has 29 heavy (non-hydrogen) atoms. The fourth-order valence-electron chi connectivity index (χ4n) is 5.27. The number of nitrogens with two attached hydrogens (primary N) is 1. The van der Waals surface area contributed by atoms with Gasteiger partial charge in [0.25, 0.3) is 5.56 Å².